The summed E-state index contributed by atoms with van der Waals surface area (Å²) < 4.78 is 1.87. The topological polar surface area (TPSA) is 29.3 Å². The molecule has 0 radical (unpaired) electrons. The average molecular weight is 272 g/mol. The molecule has 0 aliphatic heterocycles. The number of halogens is 1. The molecule has 3 rings (SSSR count). The van der Waals surface area contributed by atoms with E-state index < -0.39 is 0 Å². The minimum atomic E-state index is 0.706. The molecule has 1 N–H and O–H groups in total. The summed E-state index contributed by atoms with van der Waals surface area (Å²) in [6.45, 7) is 2.75. The number of nitrogens with one attached hydrogen (secondary N) is 1. The van der Waals surface area contributed by atoms with Crippen molar-refractivity contribution in [2.24, 2.45) is 0 Å². The smallest absolute Gasteiger partial charge is 0.0711 e. The first kappa shape index (κ1) is 12.1. The number of para-hydroxylation sites is 1. The number of hydrogen-bond acceptors (Lipinski definition) is 2. The molecule has 19 heavy (non-hydrogen) atoms. The molecular weight excluding hydrogens is 258 g/mol. The third-order valence-electron chi connectivity index (χ3n) is 3.18. The van der Waals surface area contributed by atoms with Gasteiger partial charge in [0.25, 0.3) is 0 Å². The van der Waals surface area contributed by atoms with Crippen molar-refractivity contribution in [3.63, 3.8) is 0 Å². The fraction of sp³-hybridized carbons (Fsp3) is 0.133. The lowest BCUT2D eigenvalue weighted by atomic mass is 10.2. The Morgan fingerprint density at radius 2 is 2.11 bits per heavy atom. The Labute approximate surface area is 116 Å². The van der Waals surface area contributed by atoms with E-state index in [9.17, 15) is 0 Å². The standard InChI is InChI=1S/C15H14ClN3/c1-11-5-4-6-13(16)15(11)17-9-12-10-18-19-8-3-2-7-14(12)19/h2-8,10,17H,9H2,1H3. The second-order valence-corrected chi connectivity index (χ2v) is 4.89. The lowest BCUT2D eigenvalue weighted by Crippen LogP contribution is -2.01. The summed E-state index contributed by atoms with van der Waals surface area (Å²) in [5.41, 5.74) is 4.39. The molecule has 0 amide bonds. The predicted octanol–water partition coefficient (Wildman–Crippen LogP) is 3.91. The van der Waals surface area contributed by atoms with E-state index in [4.69, 9.17) is 11.6 Å². The number of pyridine rings is 1. The highest BCUT2D eigenvalue weighted by atomic mass is 35.5. The molecule has 0 saturated heterocycles. The van der Waals surface area contributed by atoms with Gasteiger partial charge in [0.1, 0.15) is 0 Å². The van der Waals surface area contributed by atoms with Crippen LogP contribution in [0.5, 0.6) is 0 Å². The van der Waals surface area contributed by atoms with Crippen LogP contribution in [0, 0.1) is 6.92 Å². The fourth-order valence-electron chi connectivity index (χ4n) is 2.16. The van der Waals surface area contributed by atoms with Crippen molar-refractivity contribution in [1.82, 2.24) is 9.61 Å². The molecular formula is C15H14ClN3. The van der Waals surface area contributed by atoms with E-state index in [2.05, 4.69) is 16.5 Å². The normalized spacial score (nSPS) is 10.8. The maximum atomic E-state index is 6.20. The van der Waals surface area contributed by atoms with Crippen LogP contribution >= 0.6 is 11.6 Å². The average Bonchev–Trinajstić information content (AvgIpc) is 2.82. The number of rotatable bonds is 3. The third kappa shape index (κ3) is 2.29. The largest absolute Gasteiger partial charge is 0.379 e. The van der Waals surface area contributed by atoms with Crippen LogP contribution in [0.3, 0.4) is 0 Å². The van der Waals surface area contributed by atoms with Crippen LogP contribution in [0.4, 0.5) is 5.69 Å². The summed E-state index contributed by atoms with van der Waals surface area (Å²) >= 11 is 6.20. The molecule has 0 bridgehead atoms. The molecule has 0 fully saturated rings. The summed E-state index contributed by atoms with van der Waals surface area (Å²) in [5, 5.41) is 8.46. The Bertz CT molecular complexity index is 698. The van der Waals surface area contributed by atoms with Gasteiger partial charge in [-0.1, -0.05) is 29.8 Å². The van der Waals surface area contributed by atoms with Gasteiger partial charge < -0.3 is 5.32 Å². The Morgan fingerprint density at radius 3 is 2.95 bits per heavy atom. The third-order valence-corrected chi connectivity index (χ3v) is 3.50. The Morgan fingerprint density at radius 1 is 1.21 bits per heavy atom. The molecule has 0 saturated carbocycles. The van der Waals surface area contributed by atoms with Gasteiger partial charge in [0, 0.05) is 18.3 Å². The van der Waals surface area contributed by atoms with Crippen molar-refractivity contribution >= 4 is 22.8 Å². The van der Waals surface area contributed by atoms with Crippen molar-refractivity contribution in [2.75, 3.05) is 5.32 Å². The number of benzene rings is 1. The van der Waals surface area contributed by atoms with Crippen molar-refractivity contribution in [3.05, 3.63) is 64.9 Å². The van der Waals surface area contributed by atoms with Crippen molar-refractivity contribution in [1.29, 1.82) is 0 Å². The molecule has 0 aliphatic rings. The number of aromatic nitrogens is 2. The van der Waals surface area contributed by atoms with Gasteiger partial charge in [0.05, 0.1) is 22.4 Å². The van der Waals surface area contributed by atoms with Crippen molar-refractivity contribution in [2.45, 2.75) is 13.5 Å². The van der Waals surface area contributed by atoms with Crippen LogP contribution in [0.25, 0.3) is 5.52 Å². The predicted molar refractivity (Wildman–Crippen MR) is 78.7 cm³/mol. The quantitative estimate of drug-likeness (QED) is 0.783. The lowest BCUT2D eigenvalue weighted by molar-refractivity contribution is 0.961. The second kappa shape index (κ2) is 4.94. The van der Waals surface area contributed by atoms with Crippen LogP contribution in [-0.4, -0.2) is 9.61 Å². The van der Waals surface area contributed by atoms with E-state index in [1.165, 1.54) is 0 Å². The number of nitrogens with zero attached hydrogens (tertiary/aromatic N) is 2. The zero-order chi connectivity index (χ0) is 13.2. The molecule has 96 valence electrons. The highest BCUT2D eigenvalue weighted by Crippen LogP contribution is 2.26. The highest BCUT2D eigenvalue weighted by molar-refractivity contribution is 6.33. The molecule has 4 heteroatoms. The van der Waals surface area contributed by atoms with E-state index in [-0.39, 0.29) is 0 Å². The van der Waals surface area contributed by atoms with Gasteiger partial charge >= 0.3 is 0 Å². The van der Waals surface area contributed by atoms with Gasteiger partial charge in [-0.25, -0.2) is 4.52 Å². The molecule has 2 aromatic heterocycles. The molecule has 2 heterocycles. The zero-order valence-electron chi connectivity index (χ0n) is 10.6. The van der Waals surface area contributed by atoms with Crippen LogP contribution in [-0.2, 0) is 6.54 Å². The lowest BCUT2D eigenvalue weighted by Gasteiger charge is -2.10. The van der Waals surface area contributed by atoms with Gasteiger partial charge in [-0.15, -0.1) is 0 Å². The summed E-state index contributed by atoms with van der Waals surface area (Å²) in [6.07, 6.45) is 3.83. The van der Waals surface area contributed by atoms with Crippen LogP contribution in [0.1, 0.15) is 11.1 Å². The summed E-state index contributed by atoms with van der Waals surface area (Å²) in [5.74, 6) is 0. The van der Waals surface area contributed by atoms with Gasteiger partial charge in [0.15, 0.2) is 0 Å². The molecule has 0 aliphatic carbocycles. The Kier molecular flexibility index (Phi) is 3.13. The van der Waals surface area contributed by atoms with Gasteiger partial charge in [-0.3, -0.25) is 0 Å². The summed E-state index contributed by atoms with van der Waals surface area (Å²) in [4.78, 5) is 0. The number of anilines is 1. The van der Waals surface area contributed by atoms with E-state index in [0.29, 0.717) is 6.54 Å². The molecule has 1 aromatic carbocycles. The van der Waals surface area contributed by atoms with Crippen LogP contribution in [0.2, 0.25) is 5.02 Å². The first-order chi connectivity index (χ1) is 9.25. The first-order valence-corrected chi connectivity index (χ1v) is 6.54. The summed E-state index contributed by atoms with van der Waals surface area (Å²) in [7, 11) is 0. The molecule has 3 nitrogen and oxygen atoms in total. The van der Waals surface area contributed by atoms with E-state index in [0.717, 1.165) is 27.4 Å². The number of fused-ring (bicyclic) bond motifs is 1. The van der Waals surface area contributed by atoms with Gasteiger partial charge in [0.2, 0.25) is 0 Å². The van der Waals surface area contributed by atoms with Gasteiger partial charge in [-0.05, 0) is 30.7 Å². The minimum Gasteiger partial charge on any atom is -0.379 e. The fourth-order valence-corrected chi connectivity index (χ4v) is 2.45. The zero-order valence-corrected chi connectivity index (χ0v) is 11.4. The molecule has 0 atom stereocenters. The van der Waals surface area contributed by atoms with E-state index >= 15 is 0 Å². The number of aryl methyl sites for hydroxylation is 1. The minimum absolute atomic E-state index is 0.706. The SMILES string of the molecule is Cc1cccc(Cl)c1NCc1cnn2ccccc12. The number of hydrogen-bond donors (Lipinski definition) is 1. The van der Waals surface area contributed by atoms with E-state index in [1.807, 2.05) is 54.2 Å². The van der Waals surface area contributed by atoms with Crippen LogP contribution in [0.15, 0.2) is 48.8 Å². The monoisotopic (exact) mass is 271 g/mol. The van der Waals surface area contributed by atoms with Crippen molar-refractivity contribution < 1.29 is 0 Å². The Hall–Kier alpha value is -2.00. The Balaban J connectivity index is 1.87. The van der Waals surface area contributed by atoms with Crippen LogP contribution < -0.4 is 5.32 Å². The van der Waals surface area contributed by atoms with Crippen molar-refractivity contribution in [3.8, 4) is 0 Å². The summed E-state index contributed by atoms with van der Waals surface area (Å²) in [6, 6.07) is 11.9. The van der Waals surface area contributed by atoms with Gasteiger partial charge in [-0.2, -0.15) is 5.10 Å². The maximum Gasteiger partial charge on any atom is 0.0711 e. The van der Waals surface area contributed by atoms with E-state index in [1.54, 1.807) is 0 Å². The second-order valence-electron chi connectivity index (χ2n) is 4.49. The maximum absolute atomic E-state index is 6.20. The molecule has 3 aromatic rings. The highest BCUT2D eigenvalue weighted by Gasteiger charge is 2.06. The first-order valence-electron chi connectivity index (χ1n) is 6.16. The molecule has 0 spiro atoms. The molecule has 0 unspecified atom stereocenters.